The summed E-state index contributed by atoms with van der Waals surface area (Å²) in [4.78, 5) is 10.9. The third-order valence-corrected chi connectivity index (χ3v) is 2.99. The predicted molar refractivity (Wildman–Crippen MR) is 50.9 cm³/mol. The van der Waals surface area contributed by atoms with Crippen LogP contribution in [0.1, 0.15) is 12.0 Å². The van der Waals surface area contributed by atoms with Crippen molar-refractivity contribution in [1.29, 1.82) is 0 Å². The van der Waals surface area contributed by atoms with E-state index in [0.717, 1.165) is 6.07 Å². The number of nitrogens with zero attached hydrogens (tertiary/aromatic N) is 2. The molecular weight excluding hydrogens is 265 g/mol. The van der Waals surface area contributed by atoms with Crippen molar-refractivity contribution >= 4 is 29.2 Å². The van der Waals surface area contributed by atoms with E-state index in [1.54, 1.807) is 0 Å². The fourth-order valence-corrected chi connectivity index (χ4v) is 1.98. The maximum Gasteiger partial charge on any atom is 0.320 e. The predicted octanol–water partition coefficient (Wildman–Crippen LogP) is 2.14. The fourth-order valence-electron chi connectivity index (χ4n) is 1.58. The van der Waals surface area contributed by atoms with Crippen LogP contribution in [0.4, 0.5) is 8.78 Å². The Bertz CT molecular complexity index is 483. The van der Waals surface area contributed by atoms with Crippen LogP contribution in [-0.4, -0.2) is 27.2 Å². The molecule has 0 bridgehead atoms. The maximum absolute atomic E-state index is 13.2. The third-order valence-electron chi connectivity index (χ3n) is 2.53. The van der Waals surface area contributed by atoms with Gasteiger partial charge in [-0.1, -0.05) is 23.2 Å². The molecule has 86 valence electrons. The number of rotatable bonds is 2. The molecule has 0 saturated heterocycles. The molecule has 1 aliphatic rings. The van der Waals surface area contributed by atoms with Gasteiger partial charge in [-0.3, -0.25) is 4.79 Å². The average molecular weight is 269 g/mol. The van der Waals surface area contributed by atoms with Crippen LogP contribution >= 0.6 is 23.2 Å². The minimum absolute atomic E-state index is 0.178. The van der Waals surface area contributed by atoms with E-state index in [9.17, 15) is 13.6 Å². The number of hydrogen-bond acceptors (Lipinski definition) is 3. The summed E-state index contributed by atoms with van der Waals surface area (Å²) in [5.74, 6) is -4.99. The molecule has 1 N–H and O–H groups in total. The number of halogens is 4. The first-order valence-corrected chi connectivity index (χ1v) is 4.87. The van der Waals surface area contributed by atoms with Gasteiger partial charge in [-0.2, -0.15) is 0 Å². The second kappa shape index (κ2) is 3.24. The zero-order valence-electron chi connectivity index (χ0n) is 7.55. The summed E-state index contributed by atoms with van der Waals surface area (Å²) in [6.07, 6.45) is -0.808. The van der Waals surface area contributed by atoms with Gasteiger partial charge in [0.1, 0.15) is 0 Å². The molecule has 1 aromatic heterocycles. The quantitative estimate of drug-likeness (QED) is 0.893. The summed E-state index contributed by atoms with van der Waals surface area (Å²) in [5.41, 5.74) is -2.62. The molecule has 1 heterocycles. The van der Waals surface area contributed by atoms with Gasteiger partial charge in [0.05, 0.1) is 0 Å². The highest BCUT2D eigenvalue weighted by molar-refractivity contribution is 6.32. The van der Waals surface area contributed by atoms with Gasteiger partial charge >= 0.3 is 5.97 Å². The van der Waals surface area contributed by atoms with Crippen molar-refractivity contribution in [3.8, 4) is 0 Å². The van der Waals surface area contributed by atoms with Crippen LogP contribution in [0.2, 0.25) is 10.3 Å². The molecule has 4 nitrogen and oxygen atoms in total. The van der Waals surface area contributed by atoms with E-state index in [1.807, 2.05) is 0 Å². The zero-order valence-corrected chi connectivity index (χ0v) is 9.06. The summed E-state index contributed by atoms with van der Waals surface area (Å²) in [7, 11) is 0. The van der Waals surface area contributed by atoms with Crippen molar-refractivity contribution in [2.45, 2.75) is 17.8 Å². The lowest BCUT2D eigenvalue weighted by Gasteiger charge is -2.12. The van der Waals surface area contributed by atoms with Crippen LogP contribution in [0.3, 0.4) is 0 Å². The maximum atomic E-state index is 13.2. The Hall–Kier alpha value is -1.01. The van der Waals surface area contributed by atoms with Crippen LogP contribution in [0.15, 0.2) is 6.07 Å². The first-order chi connectivity index (χ1) is 7.31. The van der Waals surface area contributed by atoms with Crippen LogP contribution < -0.4 is 0 Å². The molecule has 0 aromatic carbocycles. The summed E-state index contributed by atoms with van der Waals surface area (Å²) >= 11 is 11.0. The van der Waals surface area contributed by atoms with Crippen molar-refractivity contribution in [2.75, 3.05) is 0 Å². The molecule has 0 radical (unpaired) electrons. The summed E-state index contributed by atoms with van der Waals surface area (Å²) < 4.78 is 26.3. The number of carboxylic acid groups (broad SMARTS) is 1. The SMILES string of the molecule is O=C(O)C1(c2cc(Cl)nnc2Cl)CC1(F)F. The van der Waals surface area contributed by atoms with E-state index in [4.69, 9.17) is 28.3 Å². The fraction of sp³-hybridized carbons (Fsp3) is 0.375. The van der Waals surface area contributed by atoms with E-state index in [0.29, 0.717) is 0 Å². The molecule has 0 aliphatic heterocycles. The van der Waals surface area contributed by atoms with Gasteiger partial charge in [-0.25, -0.2) is 8.78 Å². The van der Waals surface area contributed by atoms with Gasteiger partial charge in [0.2, 0.25) is 0 Å². The van der Waals surface area contributed by atoms with Crippen molar-refractivity contribution in [1.82, 2.24) is 10.2 Å². The molecule has 1 unspecified atom stereocenters. The molecule has 16 heavy (non-hydrogen) atoms. The third kappa shape index (κ3) is 1.36. The van der Waals surface area contributed by atoms with E-state index in [1.165, 1.54) is 0 Å². The van der Waals surface area contributed by atoms with E-state index in [2.05, 4.69) is 10.2 Å². The van der Waals surface area contributed by atoms with Crippen molar-refractivity contribution in [3.05, 3.63) is 21.9 Å². The molecule has 8 heteroatoms. The minimum atomic E-state index is -3.34. The van der Waals surface area contributed by atoms with Crippen LogP contribution in [0, 0.1) is 0 Å². The highest BCUT2D eigenvalue weighted by Crippen LogP contribution is 2.62. The molecule has 0 spiro atoms. The Morgan fingerprint density at radius 3 is 2.44 bits per heavy atom. The van der Waals surface area contributed by atoms with Gasteiger partial charge in [0.25, 0.3) is 5.92 Å². The molecule has 2 rings (SSSR count). The van der Waals surface area contributed by atoms with E-state index in [-0.39, 0.29) is 15.9 Å². The number of aliphatic carboxylic acids is 1. The highest BCUT2D eigenvalue weighted by atomic mass is 35.5. The lowest BCUT2D eigenvalue weighted by molar-refractivity contribution is -0.142. The second-order valence-electron chi connectivity index (χ2n) is 3.46. The van der Waals surface area contributed by atoms with Gasteiger partial charge < -0.3 is 5.11 Å². The van der Waals surface area contributed by atoms with Crippen molar-refractivity contribution in [2.24, 2.45) is 0 Å². The smallest absolute Gasteiger partial charge is 0.320 e. The molecule has 0 amide bonds. The Balaban J connectivity index is 2.59. The highest BCUT2D eigenvalue weighted by Gasteiger charge is 2.78. The Kier molecular flexibility index (Phi) is 2.32. The first-order valence-electron chi connectivity index (χ1n) is 4.12. The average Bonchev–Trinajstić information content (AvgIpc) is 2.75. The lowest BCUT2D eigenvalue weighted by Crippen LogP contribution is -2.27. The summed E-state index contributed by atoms with van der Waals surface area (Å²) in [5, 5.41) is 15.0. The normalized spacial score (nSPS) is 26.5. The molecular formula is C8H4Cl2F2N2O2. The Morgan fingerprint density at radius 1 is 1.44 bits per heavy atom. The number of carbonyl (C=O) groups is 1. The van der Waals surface area contributed by atoms with Gasteiger partial charge in [0, 0.05) is 12.0 Å². The van der Waals surface area contributed by atoms with Crippen LogP contribution in [0.25, 0.3) is 0 Å². The molecule has 1 saturated carbocycles. The molecule has 1 atom stereocenters. The monoisotopic (exact) mass is 268 g/mol. The number of aromatic nitrogens is 2. The van der Waals surface area contributed by atoms with Gasteiger partial charge in [-0.05, 0) is 6.07 Å². The Morgan fingerprint density at radius 2 is 2.00 bits per heavy atom. The molecule has 1 aromatic rings. The van der Waals surface area contributed by atoms with E-state index >= 15 is 0 Å². The summed E-state index contributed by atoms with van der Waals surface area (Å²) in [6.45, 7) is 0. The van der Waals surface area contributed by atoms with Crippen LogP contribution in [-0.2, 0) is 10.2 Å². The summed E-state index contributed by atoms with van der Waals surface area (Å²) in [6, 6.07) is 1.01. The number of carboxylic acids is 1. The Labute approximate surface area is 98.2 Å². The lowest BCUT2D eigenvalue weighted by atomic mass is 9.98. The van der Waals surface area contributed by atoms with E-state index < -0.39 is 23.7 Å². The van der Waals surface area contributed by atoms with Crippen molar-refractivity contribution in [3.63, 3.8) is 0 Å². The molecule has 1 fully saturated rings. The molecule has 1 aliphatic carbocycles. The number of alkyl halides is 2. The largest absolute Gasteiger partial charge is 0.480 e. The van der Waals surface area contributed by atoms with Crippen LogP contribution in [0.5, 0.6) is 0 Å². The topological polar surface area (TPSA) is 63.1 Å². The standard InChI is InChI=1S/C8H4Cl2F2N2O2/c9-4-1-3(5(10)14-13-4)7(6(15)16)2-8(7,11)12/h1H,2H2,(H,15,16). The number of hydrogen-bond donors (Lipinski definition) is 1. The minimum Gasteiger partial charge on any atom is -0.480 e. The second-order valence-corrected chi connectivity index (χ2v) is 4.21. The van der Waals surface area contributed by atoms with Gasteiger partial charge in [-0.15, -0.1) is 10.2 Å². The first kappa shape index (κ1) is 11.5. The zero-order chi connectivity index (χ0) is 12.1. The van der Waals surface area contributed by atoms with Gasteiger partial charge in [0.15, 0.2) is 15.7 Å². The van der Waals surface area contributed by atoms with Crippen molar-refractivity contribution < 1.29 is 18.7 Å².